The van der Waals surface area contributed by atoms with Gasteiger partial charge in [0, 0.05) is 4.90 Å². The van der Waals surface area contributed by atoms with Crippen LogP contribution in [-0.4, -0.2) is 21.5 Å². The van der Waals surface area contributed by atoms with Crippen molar-refractivity contribution in [2.24, 2.45) is 0 Å². The zero-order valence-electron chi connectivity index (χ0n) is 14.9. The van der Waals surface area contributed by atoms with Crippen LogP contribution in [0.5, 0.6) is 5.75 Å². The van der Waals surface area contributed by atoms with Gasteiger partial charge in [-0.3, -0.25) is 10.1 Å². The summed E-state index contributed by atoms with van der Waals surface area (Å²) in [6.07, 6.45) is 1.31. The van der Waals surface area contributed by atoms with Crippen LogP contribution >= 0.6 is 11.8 Å². The van der Waals surface area contributed by atoms with E-state index in [0.29, 0.717) is 18.0 Å². The molecule has 0 aliphatic rings. The lowest BCUT2D eigenvalue weighted by atomic mass is 10.2. The Morgan fingerprint density at radius 3 is 2.59 bits per heavy atom. The molecule has 0 bridgehead atoms. The molecule has 0 saturated carbocycles. The molecule has 2 aromatic carbocycles. The maximum atomic E-state index is 11.7. The Labute approximate surface area is 161 Å². The van der Waals surface area contributed by atoms with Gasteiger partial charge < -0.3 is 10.1 Å². The molecule has 8 heteroatoms. The number of hydrogen-bond donors (Lipinski definition) is 1. The summed E-state index contributed by atoms with van der Waals surface area (Å²) in [7, 11) is 0. The molecule has 1 N–H and O–H groups in total. The highest BCUT2D eigenvalue weighted by molar-refractivity contribution is 7.99. The number of rotatable bonds is 7. The first-order valence-corrected chi connectivity index (χ1v) is 9.13. The second-order valence-electron chi connectivity index (χ2n) is 5.60. The molecule has 0 spiro atoms. The van der Waals surface area contributed by atoms with Gasteiger partial charge in [-0.2, -0.15) is 0 Å². The van der Waals surface area contributed by atoms with Gasteiger partial charge in [-0.15, -0.1) is 0 Å². The first-order valence-electron chi connectivity index (χ1n) is 8.31. The predicted molar refractivity (Wildman–Crippen MR) is 105 cm³/mol. The van der Waals surface area contributed by atoms with Crippen molar-refractivity contribution in [1.82, 2.24) is 9.97 Å². The Morgan fingerprint density at radius 1 is 1.15 bits per heavy atom. The first-order chi connectivity index (χ1) is 13.1. The van der Waals surface area contributed by atoms with E-state index in [1.54, 1.807) is 12.1 Å². The van der Waals surface area contributed by atoms with Gasteiger partial charge in [-0.1, -0.05) is 41.6 Å². The van der Waals surface area contributed by atoms with Crippen LogP contribution in [0.4, 0.5) is 17.2 Å². The van der Waals surface area contributed by atoms with Gasteiger partial charge in [0.15, 0.2) is 5.03 Å². The molecule has 0 aliphatic heterocycles. The van der Waals surface area contributed by atoms with Crippen molar-refractivity contribution < 1.29 is 9.66 Å². The molecule has 3 rings (SSSR count). The fraction of sp³-hybridized carbons (Fsp3) is 0.158. The van der Waals surface area contributed by atoms with Crippen LogP contribution in [0.15, 0.2) is 64.8 Å². The molecule has 1 heterocycles. The van der Waals surface area contributed by atoms with E-state index in [0.717, 1.165) is 10.5 Å². The molecule has 0 aliphatic carbocycles. The molecule has 0 radical (unpaired) electrons. The van der Waals surface area contributed by atoms with E-state index in [1.165, 1.54) is 18.1 Å². The number of nitro groups is 1. The normalized spacial score (nSPS) is 10.4. The molecule has 0 unspecified atom stereocenters. The molecular weight excluding hydrogens is 364 g/mol. The summed E-state index contributed by atoms with van der Waals surface area (Å²) in [6.45, 7) is 4.35. The predicted octanol–water partition coefficient (Wildman–Crippen LogP) is 4.99. The van der Waals surface area contributed by atoms with Crippen LogP contribution in [0.3, 0.4) is 0 Å². The van der Waals surface area contributed by atoms with Crippen LogP contribution in [-0.2, 0) is 0 Å². The van der Waals surface area contributed by atoms with Crippen molar-refractivity contribution >= 4 is 29.0 Å². The van der Waals surface area contributed by atoms with E-state index in [9.17, 15) is 10.1 Å². The number of nitrogens with one attached hydrogen (secondary N) is 1. The Bertz CT molecular complexity index is 948. The topological polar surface area (TPSA) is 90.2 Å². The van der Waals surface area contributed by atoms with Crippen molar-refractivity contribution in [2.45, 2.75) is 23.8 Å². The Balaban J connectivity index is 1.97. The van der Waals surface area contributed by atoms with Crippen LogP contribution in [0.1, 0.15) is 12.5 Å². The molecule has 7 nitrogen and oxygen atoms in total. The van der Waals surface area contributed by atoms with Gasteiger partial charge in [0.25, 0.3) is 0 Å². The van der Waals surface area contributed by atoms with Crippen molar-refractivity contribution in [3.8, 4) is 5.75 Å². The second kappa shape index (κ2) is 8.50. The summed E-state index contributed by atoms with van der Waals surface area (Å²) in [5, 5.41) is 15.0. The van der Waals surface area contributed by atoms with Gasteiger partial charge in [0.05, 0.1) is 17.2 Å². The Morgan fingerprint density at radius 2 is 1.89 bits per heavy atom. The summed E-state index contributed by atoms with van der Waals surface area (Å²) in [5.41, 5.74) is 1.55. The van der Waals surface area contributed by atoms with Gasteiger partial charge in [0.2, 0.25) is 5.82 Å². The van der Waals surface area contributed by atoms with Crippen LogP contribution in [0.2, 0.25) is 0 Å². The lowest BCUT2D eigenvalue weighted by molar-refractivity contribution is -0.387. The summed E-state index contributed by atoms with van der Waals surface area (Å²) in [5.74, 6) is 0.720. The number of hydrogen-bond acceptors (Lipinski definition) is 7. The minimum atomic E-state index is -0.470. The van der Waals surface area contributed by atoms with Crippen LogP contribution in [0.25, 0.3) is 0 Å². The van der Waals surface area contributed by atoms with Gasteiger partial charge in [-0.05, 0) is 38.1 Å². The molecule has 0 fully saturated rings. The average Bonchev–Trinajstić information content (AvgIpc) is 2.65. The average molecular weight is 382 g/mol. The minimum absolute atomic E-state index is 0.122. The van der Waals surface area contributed by atoms with E-state index < -0.39 is 4.92 Å². The maximum absolute atomic E-state index is 11.7. The monoisotopic (exact) mass is 382 g/mol. The number of ether oxygens (including phenoxy) is 1. The van der Waals surface area contributed by atoms with Gasteiger partial charge in [0.1, 0.15) is 12.1 Å². The molecule has 3 aromatic rings. The SMILES string of the molecule is CCOc1ccccc1Nc1ncnc(Sc2ccc(C)cc2)c1[N+](=O)[O-]. The second-order valence-corrected chi connectivity index (χ2v) is 6.66. The largest absolute Gasteiger partial charge is 0.492 e. The zero-order chi connectivity index (χ0) is 19.2. The third-order valence-corrected chi connectivity index (χ3v) is 4.65. The van der Waals surface area contributed by atoms with E-state index in [4.69, 9.17) is 4.74 Å². The molecule has 0 atom stereocenters. The molecule has 0 saturated heterocycles. The number of aromatic nitrogens is 2. The zero-order valence-corrected chi connectivity index (χ0v) is 15.7. The third kappa shape index (κ3) is 4.53. The van der Waals surface area contributed by atoms with Crippen LogP contribution in [0, 0.1) is 17.0 Å². The molecule has 0 amide bonds. The fourth-order valence-electron chi connectivity index (χ4n) is 2.39. The van der Waals surface area contributed by atoms with Crippen molar-refractivity contribution in [3.05, 3.63) is 70.5 Å². The number of aryl methyl sites for hydroxylation is 1. The van der Waals surface area contributed by atoms with E-state index >= 15 is 0 Å². The molecular formula is C19H18N4O3S. The highest BCUT2D eigenvalue weighted by Crippen LogP contribution is 2.38. The highest BCUT2D eigenvalue weighted by atomic mass is 32.2. The Hall–Kier alpha value is -3.13. The molecule has 138 valence electrons. The lowest BCUT2D eigenvalue weighted by Gasteiger charge is -2.12. The van der Waals surface area contributed by atoms with Crippen molar-refractivity contribution in [2.75, 3.05) is 11.9 Å². The van der Waals surface area contributed by atoms with E-state index in [-0.39, 0.29) is 16.5 Å². The van der Waals surface area contributed by atoms with E-state index in [1.807, 2.05) is 50.2 Å². The van der Waals surface area contributed by atoms with Crippen molar-refractivity contribution in [3.63, 3.8) is 0 Å². The standard InChI is InChI=1S/C19H18N4O3S/c1-3-26-16-7-5-4-6-15(16)22-18-17(23(24)25)19(21-12-20-18)27-14-10-8-13(2)9-11-14/h4-12H,3H2,1-2H3,(H,20,21,22). The number of benzene rings is 2. The first kappa shape index (κ1) is 18.7. The van der Waals surface area contributed by atoms with Crippen LogP contribution < -0.4 is 10.1 Å². The van der Waals surface area contributed by atoms with Crippen molar-refractivity contribution in [1.29, 1.82) is 0 Å². The quantitative estimate of drug-likeness (QED) is 0.350. The number of para-hydroxylation sites is 2. The minimum Gasteiger partial charge on any atom is -0.492 e. The maximum Gasteiger partial charge on any atom is 0.343 e. The molecule has 1 aromatic heterocycles. The summed E-state index contributed by atoms with van der Waals surface area (Å²) in [4.78, 5) is 20.3. The summed E-state index contributed by atoms with van der Waals surface area (Å²) >= 11 is 1.23. The third-order valence-electron chi connectivity index (χ3n) is 3.65. The fourth-order valence-corrected chi connectivity index (χ4v) is 3.25. The highest BCUT2D eigenvalue weighted by Gasteiger charge is 2.24. The lowest BCUT2D eigenvalue weighted by Crippen LogP contribution is -2.04. The number of nitrogens with zero attached hydrogens (tertiary/aromatic N) is 3. The van der Waals surface area contributed by atoms with E-state index in [2.05, 4.69) is 15.3 Å². The summed E-state index contributed by atoms with van der Waals surface area (Å²) < 4.78 is 5.57. The van der Waals surface area contributed by atoms with Gasteiger partial charge >= 0.3 is 5.69 Å². The summed E-state index contributed by atoms with van der Waals surface area (Å²) in [6, 6.07) is 14.9. The number of anilines is 2. The smallest absolute Gasteiger partial charge is 0.343 e. The molecule has 27 heavy (non-hydrogen) atoms. The van der Waals surface area contributed by atoms with Gasteiger partial charge in [-0.25, -0.2) is 9.97 Å². The Kier molecular flexibility index (Phi) is 5.87.